The van der Waals surface area contributed by atoms with Crippen LogP contribution in [0.2, 0.25) is 45.8 Å². The van der Waals surface area contributed by atoms with Gasteiger partial charge in [-0.3, -0.25) is 0 Å². The zero-order chi connectivity index (χ0) is 19.1. The Balaban J connectivity index is 2.33. The summed E-state index contributed by atoms with van der Waals surface area (Å²) in [6.07, 6.45) is -0.130. The molecule has 0 radical (unpaired) electrons. The molecule has 0 aliphatic rings. The van der Waals surface area contributed by atoms with Gasteiger partial charge in [-0.2, -0.15) is 0 Å². The van der Waals surface area contributed by atoms with Crippen LogP contribution < -0.4 is 4.74 Å². The number of para-hydroxylation sites is 1. The van der Waals surface area contributed by atoms with Crippen molar-refractivity contribution in [1.29, 1.82) is 0 Å². The van der Waals surface area contributed by atoms with Gasteiger partial charge in [0.25, 0.3) is 0 Å². The maximum absolute atomic E-state index is 10.0. The number of benzene rings is 1. The fourth-order valence-corrected chi connectivity index (χ4v) is 15.3. The molecule has 8 heteroatoms. The summed E-state index contributed by atoms with van der Waals surface area (Å²) < 4.78 is 23.8. The predicted octanol–water partition coefficient (Wildman–Crippen LogP) is 3.76. The topological polar surface area (TPSA) is 57.2 Å². The zero-order valence-corrected chi connectivity index (χ0v) is 19.7. The zero-order valence-electron chi connectivity index (χ0n) is 16.7. The maximum atomic E-state index is 10.0. The summed E-state index contributed by atoms with van der Waals surface area (Å²) in [6, 6.07) is 9.46. The Hall–Kier alpha value is -0.489. The van der Waals surface area contributed by atoms with Crippen molar-refractivity contribution < 1.29 is 22.8 Å². The average Bonchev–Trinajstić information content (AvgIpc) is 2.42. The molecule has 0 saturated carbocycles. The van der Waals surface area contributed by atoms with E-state index in [1.807, 2.05) is 30.3 Å². The number of aliphatic hydroxyl groups excluding tert-OH is 1. The number of rotatable bonds is 11. The Morgan fingerprint density at radius 2 is 1.48 bits per heavy atom. The first-order chi connectivity index (χ1) is 11.4. The monoisotopic (exact) mass is 402 g/mol. The standard InChI is InChI=1S/C17H34O5Si3/c1-23(2,3)21-25(6,7)22-24(4,5)15-19-13-16(18)14-20-17-11-9-8-10-12-17/h8-12,16,18H,13-15H2,1-7H3. The molecule has 5 nitrogen and oxygen atoms in total. The lowest BCUT2D eigenvalue weighted by atomic mass is 10.3. The van der Waals surface area contributed by atoms with Crippen molar-refractivity contribution in [3.05, 3.63) is 30.3 Å². The lowest BCUT2D eigenvalue weighted by Crippen LogP contribution is -2.53. The van der Waals surface area contributed by atoms with E-state index in [0.29, 0.717) is 6.23 Å². The van der Waals surface area contributed by atoms with Gasteiger partial charge in [-0.25, -0.2) is 0 Å². The van der Waals surface area contributed by atoms with Crippen LogP contribution in [0.5, 0.6) is 5.75 Å². The third-order valence-corrected chi connectivity index (χ3v) is 12.5. The van der Waals surface area contributed by atoms with Crippen LogP contribution in [0.4, 0.5) is 0 Å². The molecule has 144 valence electrons. The summed E-state index contributed by atoms with van der Waals surface area (Å²) in [7, 11) is -5.78. The minimum atomic E-state index is -2.15. The third-order valence-electron chi connectivity index (χ3n) is 3.02. The molecular weight excluding hydrogens is 368 g/mol. The smallest absolute Gasteiger partial charge is 0.311 e. The van der Waals surface area contributed by atoms with Crippen molar-refractivity contribution in [1.82, 2.24) is 0 Å². The van der Waals surface area contributed by atoms with Gasteiger partial charge in [0.1, 0.15) is 18.5 Å². The molecule has 0 fully saturated rings. The Labute approximate surface area is 155 Å². The molecule has 0 heterocycles. The molecule has 1 unspecified atom stereocenters. The van der Waals surface area contributed by atoms with Crippen LogP contribution in [0, 0.1) is 0 Å². The van der Waals surface area contributed by atoms with E-state index in [0.717, 1.165) is 5.75 Å². The van der Waals surface area contributed by atoms with Gasteiger partial charge >= 0.3 is 8.56 Å². The number of hydrogen-bond donors (Lipinski definition) is 1. The quantitative estimate of drug-likeness (QED) is 0.571. The van der Waals surface area contributed by atoms with Gasteiger partial charge in [0, 0.05) is 0 Å². The van der Waals surface area contributed by atoms with Crippen molar-refractivity contribution in [2.75, 3.05) is 19.4 Å². The highest BCUT2D eigenvalue weighted by Gasteiger charge is 2.38. The molecule has 25 heavy (non-hydrogen) atoms. The van der Waals surface area contributed by atoms with E-state index in [1.54, 1.807) is 0 Å². The van der Waals surface area contributed by atoms with Crippen LogP contribution >= 0.6 is 0 Å². The van der Waals surface area contributed by atoms with Gasteiger partial charge in [-0.15, -0.1) is 0 Å². The van der Waals surface area contributed by atoms with Crippen molar-refractivity contribution in [3.8, 4) is 5.75 Å². The first kappa shape index (κ1) is 22.6. The minimum Gasteiger partial charge on any atom is -0.491 e. The molecule has 1 aromatic carbocycles. The Morgan fingerprint density at radius 3 is 2.04 bits per heavy atom. The molecule has 0 spiro atoms. The highest BCUT2D eigenvalue weighted by atomic mass is 28.5. The first-order valence-electron chi connectivity index (χ1n) is 8.73. The van der Waals surface area contributed by atoms with Crippen molar-refractivity contribution in [2.24, 2.45) is 0 Å². The summed E-state index contributed by atoms with van der Waals surface area (Å²) in [5.74, 6) is 0.746. The molecule has 0 amide bonds. The fourth-order valence-electron chi connectivity index (χ4n) is 2.65. The number of aliphatic hydroxyl groups is 1. The number of hydrogen-bond acceptors (Lipinski definition) is 5. The molecule has 0 bridgehead atoms. The lowest BCUT2D eigenvalue weighted by Gasteiger charge is -2.37. The van der Waals surface area contributed by atoms with Crippen LogP contribution in [-0.4, -0.2) is 55.9 Å². The van der Waals surface area contributed by atoms with Crippen LogP contribution in [0.15, 0.2) is 30.3 Å². The van der Waals surface area contributed by atoms with E-state index >= 15 is 0 Å². The van der Waals surface area contributed by atoms with Crippen LogP contribution in [0.25, 0.3) is 0 Å². The molecule has 1 N–H and O–H groups in total. The molecule has 1 aromatic rings. The predicted molar refractivity (Wildman–Crippen MR) is 109 cm³/mol. The van der Waals surface area contributed by atoms with Gasteiger partial charge in [-0.1, -0.05) is 18.2 Å². The van der Waals surface area contributed by atoms with E-state index in [9.17, 15) is 5.11 Å². The van der Waals surface area contributed by atoms with Gasteiger partial charge < -0.3 is 22.8 Å². The third kappa shape index (κ3) is 11.0. The second-order valence-electron chi connectivity index (χ2n) is 8.27. The highest BCUT2D eigenvalue weighted by molar-refractivity contribution is 6.87. The average molecular weight is 403 g/mol. The van der Waals surface area contributed by atoms with Crippen molar-refractivity contribution in [3.63, 3.8) is 0 Å². The van der Waals surface area contributed by atoms with Gasteiger partial charge in [0.05, 0.1) is 12.8 Å². The van der Waals surface area contributed by atoms with Gasteiger partial charge in [0.2, 0.25) is 8.32 Å². The van der Waals surface area contributed by atoms with E-state index < -0.39 is 31.3 Å². The van der Waals surface area contributed by atoms with Crippen molar-refractivity contribution in [2.45, 2.75) is 51.9 Å². The normalized spacial score (nSPS) is 14.4. The van der Waals surface area contributed by atoms with E-state index in [-0.39, 0.29) is 13.2 Å². The lowest BCUT2D eigenvalue weighted by molar-refractivity contribution is 0.0228. The second kappa shape index (κ2) is 9.45. The molecule has 1 rings (SSSR count). The molecule has 1 atom stereocenters. The Bertz CT molecular complexity index is 503. The molecule has 0 saturated heterocycles. The molecule has 0 aliphatic carbocycles. The first-order valence-corrected chi connectivity index (χ1v) is 18.1. The summed E-state index contributed by atoms with van der Waals surface area (Å²) in [5.41, 5.74) is 0. The van der Waals surface area contributed by atoms with Crippen LogP contribution in [0.3, 0.4) is 0 Å². The molecular formula is C17H34O5Si3. The van der Waals surface area contributed by atoms with E-state index in [2.05, 4.69) is 45.8 Å². The molecule has 0 aromatic heterocycles. The van der Waals surface area contributed by atoms with Gasteiger partial charge in [0.15, 0.2) is 8.32 Å². The highest BCUT2D eigenvalue weighted by Crippen LogP contribution is 2.20. The fraction of sp³-hybridized carbons (Fsp3) is 0.647. The number of ether oxygens (including phenoxy) is 2. The summed E-state index contributed by atoms with van der Waals surface area (Å²) in [6.45, 7) is 15.4. The van der Waals surface area contributed by atoms with Crippen LogP contribution in [0.1, 0.15) is 0 Å². The largest absolute Gasteiger partial charge is 0.491 e. The SMILES string of the molecule is C[Si](C)(C)O[Si](C)(C)O[Si](C)(C)COCC(O)COc1ccccc1. The maximum Gasteiger partial charge on any atom is 0.311 e. The Morgan fingerprint density at radius 1 is 0.880 bits per heavy atom. The minimum absolute atomic E-state index is 0.214. The second-order valence-corrected chi connectivity index (χ2v) is 20.7. The summed E-state index contributed by atoms with van der Waals surface area (Å²) in [4.78, 5) is 0. The van der Waals surface area contributed by atoms with Gasteiger partial charge in [-0.05, 0) is 58.0 Å². The molecule has 0 aliphatic heterocycles. The summed E-state index contributed by atoms with van der Waals surface area (Å²) in [5, 5.41) is 10.0. The van der Waals surface area contributed by atoms with Crippen molar-refractivity contribution >= 4 is 25.2 Å². The summed E-state index contributed by atoms with van der Waals surface area (Å²) >= 11 is 0. The van der Waals surface area contributed by atoms with E-state index in [1.165, 1.54) is 0 Å². The van der Waals surface area contributed by atoms with Crippen LogP contribution in [-0.2, 0) is 13.0 Å². The van der Waals surface area contributed by atoms with E-state index in [4.69, 9.17) is 17.7 Å². The Kier molecular flexibility index (Phi) is 8.52.